The molecule has 0 spiro atoms. The molecule has 1 aliphatic rings. The standard InChI is InChI=1S/C12H14O5/c1-16-7-5-8(13)10(9(6-7)17-2)12(3-4-12)11(14)15/h5-6,13H,3-4H2,1-2H3,(H,14,15). The number of carboxylic acid groups (broad SMARTS) is 1. The van der Waals surface area contributed by atoms with Crippen LogP contribution in [0.3, 0.4) is 0 Å². The van der Waals surface area contributed by atoms with Crippen molar-refractivity contribution >= 4 is 5.97 Å². The summed E-state index contributed by atoms with van der Waals surface area (Å²) in [6.07, 6.45) is 1.02. The molecule has 1 aromatic rings. The second-order valence-corrected chi connectivity index (χ2v) is 4.11. The van der Waals surface area contributed by atoms with E-state index in [2.05, 4.69) is 0 Å². The van der Waals surface area contributed by atoms with E-state index in [0.717, 1.165) is 0 Å². The van der Waals surface area contributed by atoms with E-state index < -0.39 is 11.4 Å². The number of carbonyl (C=O) groups is 1. The highest BCUT2D eigenvalue weighted by molar-refractivity contribution is 5.87. The van der Waals surface area contributed by atoms with Gasteiger partial charge in [0.1, 0.15) is 22.7 Å². The minimum atomic E-state index is -0.998. The highest BCUT2D eigenvalue weighted by Crippen LogP contribution is 2.55. The average molecular weight is 238 g/mol. The predicted octanol–water partition coefficient (Wildman–Crippen LogP) is 1.53. The van der Waals surface area contributed by atoms with E-state index in [9.17, 15) is 15.0 Å². The monoisotopic (exact) mass is 238 g/mol. The fourth-order valence-electron chi connectivity index (χ4n) is 2.03. The molecule has 0 radical (unpaired) electrons. The molecule has 0 atom stereocenters. The summed E-state index contributed by atoms with van der Waals surface area (Å²) >= 11 is 0. The first-order valence-corrected chi connectivity index (χ1v) is 5.24. The van der Waals surface area contributed by atoms with Gasteiger partial charge < -0.3 is 19.7 Å². The summed E-state index contributed by atoms with van der Waals surface area (Å²) in [5.41, 5.74) is -0.657. The normalized spacial score (nSPS) is 16.4. The molecule has 0 bridgehead atoms. The molecular formula is C12H14O5. The molecule has 0 amide bonds. The van der Waals surface area contributed by atoms with Gasteiger partial charge in [-0.1, -0.05) is 0 Å². The molecule has 0 heterocycles. The molecule has 2 rings (SSSR count). The van der Waals surface area contributed by atoms with E-state index in [0.29, 0.717) is 29.9 Å². The molecule has 0 aromatic heterocycles. The van der Waals surface area contributed by atoms with Crippen LogP contribution in [-0.4, -0.2) is 30.4 Å². The molecule has 1 aromatic carbocycles. The number of phenols is 1. The van der Waals surface area contributed by atoms with E-state index in [1.165, 1.54) is 20.3 Å². The number of phenolic OH excluding ortho intramolecular Hbond substituents is 1. The van der Waals surface area contributed by atoms with Crippen molar-refractivity contribution in [2.75, 3.05) is 14.2 Å². The maximum Gasteiger partial charge on any atom is 0.314 e. The molecule has 5 nitrogen and oxygen atoms in total. The van der Waals surface area contributed by atoms with Crippen LogP contribution >= 0.6 is 0 Å². The van der Waals surface area contributed by atoms with E-state index in [-0.39, 0.29) is 5.75 Å². The summed E-state index contributed by atoms with van der Waals surface area (Å²) in [4.78, 5) is 11.3. The summed E-state index contributed by atoms with van der Waals surface area (Å²) in [7, 11) is 2.91. The van der Waals surface area contributed by atoms with Crippen LogP contribution in [-0.2, 0) is 10.2 Å². The maximum absolute atomic E-state index is 11.3. The third-order valence-electron chi connectivity index (χ3n) is 3.15. The van der Waals surface area contributed by atoms with Crippen LogP contribution in [0.25, 0.3) is 0 Å². The number of benzene rings is 1. The quantitative estimate of drug-likeness (QED) is 0.831. The molecule has 0 saturated heterocycles. The molecule has 92 valence electrons. The second-order valence-electron chi connectivity index (χ2n) is 4.11. The number of ether oxygens (including phenoxy) is 2. The van der Waals surface area contributed by atoms with Gasteiger partial charge in [-0.05, 0) is 12.8 Å². The lowest BCUT2D eigenvalue weighted by Gasteiger charge is -2.17. The van der Waals surface area contributed by atoms with Crippen LogP contribution in [0.2, 0.25) is 0 Å². The van der Waals surface area contributed by atoms with Gasteiger partial charge in [-0.25, -0.2) is 0 Å². The smallest absolute Gasteiger partial charge is 0.314 e. The first-order valence-electron chi connectivity index (χ1n) is 5.24. The number of methoxy groups -OCH3 is 2. The van der Waals surface area contributed by atoms with Gasteiger partial charge in [0.15, 0.2) is 0 Å². The van der Waals surface area contributed by atoms with Crippen LogP contribution in [0.5, 0.6) is 17.2 Å². The van der Waals surface area contributed by atoms with Crippen LogP contribution in [0.15, 0.2) is 12.1 Å². The minimum Gasteiger partial charge on any atom is -0.507 e. The van der Waals surface area contributed by atoms with E-state index in [1.54, 1.807) is 6.07 Å². The molecule has 2 N–H and O–H groups in total. The van der Waals surface area contributed by atoms with Crippen LogP contribution in [0.1, 0.15) is 18.4 Å². The number of carboxylic acids is 1. The highest BCUT2D eigenvalue weighted by atomic mass is 16.5. The third-order valence-corrected chi connectivity index (χ3v) is 3.15. The van der Waals surface area contributed by atoms with Gasteiger partial charge in [0.2, 0.25) is 0 Å². The predicted molar refractivity (Wildman–Crippen MR) is 59.8 cm³/mol. The Balaban J connectivity index is 2.57. The van der Waals surface area contributed by atoms with Crippen molar-refractivity contribution in [2.24, 2.45) is 0 Å². The summed E-state index contributed by atoms with van der Waals surface area (Å²) in [5, 5.41) is 19.2. The van der Waals surface area contributed by atoms with Gasteiger partial charge in [0.25, 0.3) is 0 Å². The Morgan fingerprint density at radius 2 is 1.94 bits per heavy atom. The summed E-state index contributed by atoms with van der Waals surface area (Å²) in [6.45, 7) is 0. The summed E-state index contributed by atoms with van der Waals surface area (Å²) in [5.74, 6) is -0.247. The molecule has 17 heavy (non-hydrogen) atoms. The van der Waals surface area contributed by atoms with Crippen molar-refractivity contribution in [1.82, 2.24) is 0 Å². The second kappa shape index (κ2) is 3.84. The average Bonchev–Trinajstić information content (AvgIpc) is 3.08. The highest BCUT2D eigenvalue weighted by Gasteiger charge is 2.55. The largest absolute Gasteiger partial charge is 0.507 e. The molecule has 1 saturated carbocycles. The van der Waals surface area contributed by atoms with Gasteiger partial charge >= 0.3 is 5.97 Å². The number of hydrogen-bond donors (Lipinski definition) is 2. The van der Waals surface area contributed by atoms with Crippen molar-refractivity contribution in [3.8, 4) is 17.2 Å². The van der Waals surface area contributed by atoms with E-state index in [4.69, 9.17) is 9.47 Å². The topological polar surface area (TPSA) is 76.0 Å². The zero-order valence-corrected chi connectivity index (χ0v) is 9.69. The van der Waals surface area contributed by atoms with Crippen molar-refractivity contribution in [3.05, 3.63) is 17.7 Å². The lowest BCUT2D eigenvalue weighted by molar-refractivity contribution is -0.140. The van der Waals surface area contributed by atoms with Gasteiger partial charge in [0, 0.05) is 12.1 Å². The molecular weight excluding hydrogens is 224 g/mol. The Hall–Kier alpha value is -1.91. The van der Waals surface area contributed by atoms with Gasteiger partial charge in [0.05, 0.1) is 19.8 Å². The van der Waals surface area contributed by atoms with Crippen molar-refractivity contribution in [2.45, 2.75) is 18.3 Å². The first kappa shape index (κ1) is 11.6. The molecule has 0 unspecified atom stereocenters. The SMILES string of the molecule is COc1cc(O)c(C2(C(=O)O)CC2)c(OC)c1. The zero-order valence-electron chi connectivity index (χ0n) is 9.69. The van der Waals surface area contributed by atoms with Crippen molar-refractivity contribution in [1.29, 1.82) is 0 Å². The number of aromatic hydroxyl groups is 1. The van der Waals surface area contributed by atoms with Gasteiger partial charge in [-0.2, -0.15) is 0 Å². The Morgan fingerprint density at radius 3 is 2.35 bits per heavy atom. The van der Waals surface area contributed by atoms with Crippen LogP contribution in [0.4, 0.5) is 0 Å². The third kappa shape index (κ3) is 1.67. The number of rotatable bonds is 4. The van der Waals surface area contributed by atoms with E-state index >= 15 is 0 Å². The minimum absolute atomic E-state index is 0.0962. The number of hydrogen-bond acceptors (Lipinski definition) is 4. The van der Waals surface area contributed by atoms with E-state index in [1.807, 2.05) is 0 Å². The summed E-state index contributed by atoms with van der Waals surface area (Å²) < 4.78 is 10.1. The lowest BCUT2D eigenvalue weighted by atomic mass is 9.94. The van der Waals surface area contributed by atoms with Crippen molar-refractivity contribution in [3.63, 3.8) is 0 Å². The fraction of sp³-hybridized carbons (Fsp3) is 0.417. The zero-order chi connectivity index (χ0) is 12.6. The summed E-state index contributed by atoms with van der Waals surface area (Å²) in [6, 6.07) is 2.99. The Labute approximate surface area is 98.6 Å². The maximum atomic E-state index is 11.3. The lowest BCUT2D eigenvalue weighted by Crippen LogP contribution is -2.20. The Bertz CT molecular complexity index is 462. The number of aliphatic carboxylic acids is 1. The Kier molecular flexibility index (Phi) is 2.61. The van der Waals surface area contributed by atoms with Gasteiger partial charge in [-0.3, -0.25) is 4.79 Å². The van der Waals surface area contributed by atoms with Gasteiger partial charge in [-0.15, -0.1) is 0 Å². The fourth-order valence-corrected chi connectivity index (χ4v) is 2.03. The molecule has 1 aliphatic carbocycles. The van der Waals surface area contributed by atoms with Crippen LogP contribution in [0, 0.1) is 0 Å². The van der Waals surface area contributed by atoms with Crippen molar-refractivity contribution < 1.29 is 24.5 Å². The molecule has 1 fully saturated rings. The van der Waals surface area contributed by atoms with Crippen LogP contribution < -0.4 is 9.47 Å². The Morgan fingerprint density at radius 1 is 1.29 bits per heavy atom. The molecule has 5 heteroatoms. The molecule has 0 aliphatic heterocycles. The first-order chi connectivity index (χ1) is 8.05.